The molecule has 2 amide bonds. The van der Waals surface area contributed by atoms with E-state index in [4.69, 9.17) is 0 Å². The van der Waals surface area contributed by atoms with E-state index in [0.29, 0.717) is 24.9 Å². The third-order valence-electron chi connectivity index (χ3n) is 3.49. The Kier molecular flexibility index (Phi) is 4.08. The second kappa shape index (κ2) is 5.77. The maximum Gasteiger partial charge on any atom is 0.255 e. The third kappa shape index (κ3) is 2.52. The molecule has 0 saturated carbocycles. The third-order valence-corrected chi connectivity index (χ3v) is 3.49. The summed E-state index contributed by atoms with van der Waals surface area (Å²) in [5.41, 5.74) is 1.30. The van der Waals surface area contributed by atoms with Crippen molar-refractivity contribution >= 4 is 11.8 Å². The molecule has 5 nitrogen and oxygen atoms in total. The van der Waals surface area contributed by atoms with Crippen molar-refractivity contribution in [2.75, 3.05) is 7.05 Å². The zero-order valence-corrected chi connectivity index (χ0v) is 11.4. The molecule has 1 aromatic carbocycles. The number of likely N-dealkylation sites (N-methyl/N-ethyl adjacent to an activating group) is 1. The lowest BCUT2D eigenvalue weighted by molar-refractivity contribution is -0.125. The summed E-state index contributed by atoms with van der Waals surface area (Å²) in [6.07, 6.45) is 2.92. The summed E-state index contributed by atoms with van der Waals surface area (Å²) < 4.78 is 0. The number of benzene rings is 1. The molecule has 1 atom stereocenters. The average molecular weight is 274 g/mol. The monoisotopic (exact) mass is 274 g/mol. The fourth-order valence-corrected chi connectivity index (χ4v) is 2.45. The quantitative estimate of drug-likeness (QED) is 0.798. The van der Waals surface area contributed by atoms with Gasteiger partial charge in [-0.05, 0) is 36.6 Å². The van der Waals surface area contributed by atoms with E-state index in [1.54, 1.807) is 30.2 Å². The van der Waals surface area contributed by atoms with Gasteiger partial charge in [-0.15, -0.1) is 6.58 Å². The first-order valence-electron chi connectivity index (χ1n) is 6.53. The van der Waals surface area contributed by atoms with Gasteiger partial charge < -0.3 is 15.3 Å². The van der Waals surface area contributed by atoms with Crippen LogP contribution < -0.4 is 5.32 Å². The zero-order chi connectivity index (χ0) is 14.7. The highest BCUT2D eigenvalue weighted by Gasteiger charge is 2.35. The number of phenols is 1. The van der Waals surface area contributed by atoms with Crippen LogP contribution in [0.2, 0.25) is 0 Å². The van der Waals surface area contributed by atoms with Gasteiger partial charge in [-0.2, -0.15) is 0 Å². The number of amides is 2. The largest absolute Gasteiger partial charge is 0.508 e. The van der Waals surface area contributed by atoms with Crippen molar-refractivity contribution in [3.05, 3.63) is 42.0 Å². The zero-order valence-electron chi connectivity index (χ0n) is 11.4. The smallest absolute Gasteiger partial charge is 0.255 e. The van der Waals surface area contributed by atoms with Gasteiger partial charge in [0.05, 0.1) is 0 Å². The lowest BCUT2D eigenvalue weighted by atomic mass is 10.1. The molecule has 1 heterocycles. The molecule has 2 rings (SSSR count). The number of rotatable bonds is 5. The van der Waals surface area contributed by atoms with Crippen molar-refractivity contribution in [2.24, 2.45) is 0 Å². The molecule has 1 aliphatic heterocycles. The van der Waals surface area contributed by atoms with Crippen molar-refractivity contribution < 1.29 is 14.7 Å². The Hall–Kier alpha value is -2.30. The molecule has 0 fully saturated rings. The number of allylic oxidation sites excluding steroid dienone is 1. The van der Waals surface area contributed by atoms with Crippen LogP contribution in [0.25, 0.3) is 0 Å². The highest BCUT2D eigenvalue weighted by atomic mass is 16.3. The van der Waals surface area contributed by atoms with E-state index in [2.05, 4.69) is 11.9 Å². The van der Waals surface area contributed by atoms with E-state index in [1.165, 1.54) is 6.07 Å². The number of aromatic hydroxyl groups is 1. The first kappa shape index (κ1) is 14.1. The van der Waals surface area contributed by atoms with Crippen LogP contribution in [-0.4, -0.2) is 34.9 Å². The molecular formula is C15H18N2O3. The highest BCUT2D eigenvalue weighted by Crippen LogP contribution is 2.28. The first-order chi connectivity index (χ1) is 9.58. The first-order valence-corrected chi connectivity index (χ1v) is 6.53. The topological polar surface area (TPSA) is 69.6 Å². The van der Waals surface area contributed by atoms with E-state index >= 15 is 0 Å². The summed E-state index contributed by atoms with van der Waals surface area (Å²) in [5.74, 6) is -0.226. The molecule has 2 N–H and O–H groups in total. The maximum atomic E-state index is 12.4. The SMILES string of the molecule is C=CCCC(C(=O)NC)N1Cc2cc(O)ccc2C1=O. The van der Waals surface area contributed by atoms with Crippen LogP contribution in [0.3, 0.4) is 0 Å². The lowest BCUT2D eigenvalue weighted by Gasteiger charge is -2.26. The molecule has 5 heteroatoms. The average Bonchev–Trinajstić information content (AvgIpc) is 2.75. The minimum absolute atomic E-state index is 0.126. The van der Waals surface area contributed by atoms with Crippen molar-refractivity contribution in [3.63, 3.8) is 0 Å². The summed E-state index contributed by atoms with van der Waals surface area (Å²) in [5, 5.41) is 12.1. The number of phenolic OH excluding ortho intramolecular Hbond substituents is 1. The second-order valence-electron chi connectivity index (χ2n) is 4.77. The van der Waals surface area contributed by atoms with Crippen LogP contribution in [0.5, 0.6) is 5.75 Å². The summed E-state index contributed by atoms with van der Waals surface area (Å²) in [6.45, 7) is 3.99. The lowest BCUT2D eigenvalue weighted by Crippen LogP contribution is -2.46. The Morgan fingerprint density at radius 2 is 2.35 bits per heavy atom. The predicted octanol–water partition coefficient (Wildman–Crippen LogP) is 1.43. The van der Waals surface area contributed by atoms with Gasteiger partial charge in [-0.25, -0.2) is 0 Å². The molecule has 0 bridgehead atoms. The molecule has 0 aliphatic carbocycles. The van der Waals surface area contributed by atoms with Crippen LogP contribution in [-0.2, 0) is 11.3 Å². The van der Waals surface area contributed by atoms with Gasteiger partial charge in [0.1, 0.15) is 11.8 Å². The van der Waals surface area contributed by atoms with Crippen molar-refractivity contribution in [3.8, 4) is 5.75 Å². The molecule has 0 saturated heterocycles. The minimum atomic E-state index is -0.514. The normalized spacial score (nSPS) is 14.8. The summed E-state index contributed by atoms with van der Waals surface area (Å²) >= 11 is 0. The van der Waals surface area contributed by atoms with E-state index in [0.717, 1.165) is 5.56 Å². The summed E-state index contributed by atoms with van der Waals surface area (Å²) in [7, 11) is 1.56. The van der Waals surface area contributed by atoms with Crippen molar-refractivity contribution in [1.82, 2.24) is 10.2 Å². The standard InChI is InChI=1S/C15H18N2O3/c1-3-4-5-13(14(19)16-2)17-9-10-8-11(18)6-7-12(10)15(17)20/h3,6-8,13,18H,1,4-5,9H2,2H3,(H,16,19). The van der Waals surface area contributed by atoms with E-state index < -0.39 is 6.04 Å². The van der Waals surface area contributed by atoms with Crippen LogP contribution >= 0.6 is 0 Å². The van der Waals surface area contributed by atoms with Crippen molar-refractivity contribution in [1.29, 1.82) is 0 Å². The fourth-order valence-electron chi connectivity index (χ4n) is 2.45. The van der Waals surface area contributed by atoms with Gasteiger partial charge in [0.25, 0.3) is 5.91 Å². The second-order valence-corrected chi connectivity index (χ2v) is 4.77. The Morgan fingerprint density at radius 3 is 3.00 bits per heavy atom. The molecular weight excluding hydrogens is 256 g/mol. The number of carbonyl (C=O) groups excluding carboxylic acids is 2. The molecule has 1 aromatic rings. The Balaban J connectivity index is 2.26. The maximum absolute atomic E-state index is 12.4. The van der Waals surface area contributed by atoms with Crippen LogP contribution in [0.4, 0.5) is 0 Å². The van der Waals surface area contributed by atoms with E-state index in [1.807, 2.05) is 0 Å². The van der Waals surface area contributed by atoms with E-state index in [9.17, 15) is 14.7 Å². The van der Waals surface area contributed by atoms with Gasteiger partial charge in [0.15, 0.2) is 0 Å². The number of hydrogen-bond donors (Lipinski definition) is 2. The molecule has 20 heavy (non-hydrogen) atoms. The number of carbonyl (C=O) groups is 2. The van der Waals surface area contributed by atoms with E-state index in [-0.39, 0.29) is 17.6 Å². The summed E-state index contributed by atoms with van der Waals surface area (Å²) in [6, 6.07) is 4.14. The number of fused-ring (bicyclic) bond motifs is 1. The number of hydrogen-bond acceptors (Lipinski definition) is 3. The Bertz CT molecular complexity index is 554. The van der Waals surface area contributed by atoms with Gasteiger partial charge in [0, 0.05) is 19.2 Å². The number of nitrogens with one attached hydrogen (secondary N) is 1. The molecule has 0 aromatic heterocycles. The highest BCUT2D eigenvalue weighted by molar-refractivity contribution is 6.01. The molecule has 106 valence electrons. The Morgan fingerprint density at radius 1 is 1.60 bits per heavy atom. The molecule has 0 radical (unpaired) electrons. The van der Waals surface area contributed by atoms with Gasteiger partial charge >= 0.3 is 0 Å². The van der Waals surface area contributed by atoms with Crippen LogP contribution in [0.15, 0.2) is 30.9 Å². The van der Waals surface area contributed by atoms with Crippen molar-refractivity contribution in [2.45, 2.75) is 25.4 Å². The molecule has 1 aliphatic rings. The fraction of sp³-hybridized carbons (Fsp3) is 0.333. The molecule has 1 unspecified atom stereocenters. The van der Waals surface area contributed by atoms with Crippen LogP contribution in [0, 0.1) is 0 Å². The predicted molar refractivity (Wildman–Crippen MR) is 75.3 cm³/mol. The van der Waals surface area contributed by atoms with Gasteiger partial charge in [-0.3, -0.25) is 9.59 Å². The summed E-state index contributed by atoms with van der Waals surface area (Å²) in [4.78, 5) is 25.9. The number of nitrogens with zero attached hydrogens (tertiary/aromatic N) is 1. The van der Waals surface area contributed by atoms with Gasteiger partial charge in [-0.1, -0.05) is 6.08 Å². The van der Waals surface area contributed by atoms with Gasteiger partial charge in [0.2, 0.25) is 5.91 Å². The Labute approximate surface area is 117 Å². The minimum Gasteiger partial charge on any atom is -0.508 e. The van der Waals surface area contributed by atoms with Crippen LogP contribution in [0.1, 0.15) is 28.8 Å². The molecule has 0 spiro atoms.